The molecule has 1 aliphatic heterocycles. The van der Waals surface area contributed by atoms with Crippen LogP contribution in [0.5, 0.6) is 0 Å². The van der Waals surface area contributed by atoms with Gasteiger partial charge in [-0.15, -0.1) is 11.3 Å². The van der Waals surface area contributed by atoms with Gasteiger partial charge in [-0.1, -0.05) is 35.9 Å². The second kappa shape index (κ2) is 6.67. The van der Waals surface area contributed by atoms with Gasteiger partial charge in [-0.05, 0) is 44.0 Å². The fourth-order valence-electron chi connectivity index (χ4n) is 3.16. The molecular weight excluding hydrogens is 354 g/mol. The fourth-order valence-corrected chi connectivity index (χ4v) is 4.06. The van der Waals surface area contributed by atoms with Crippen LogP contribution in [-0.2, 0) is 0 Å². The van der Waals surface area contributed by atoms with Crippen molar-refractivity contribution >= 4 is 28.4 Å². The van der Waals surface area contributed by atoms with Crippen molar-refractivity contribution in [3.05, 3.63) is 75.3 Å². The first-order valence-corrected chi connectivity index (χ1v) is 9.71. The van der Waals surface area contributed by atoms with Gasteiger partial charge >= 0.3 is 0 Å². The van der Waals surface area contributed by atoms with Crippen LogP contribution in [0.15, 0.2) is 53.6 Å². The summed E-state index contributed by atoms with van der Waals surface area (Å²) < 4.78 is 0. The summed E-state index contributed by atoms with van der Waals surface area (Å²) in [6, 6.07) is 14.3. The topological polar surface area (TPSA) is 60.2 Å². The van der Waals surface area contributed by atoms with E-state index in [4.69, 9.17) is 5.41 Å². The van der Waals surface area contributed by atoms with Gasteiger partial charge in [0.15, 0.2) is 0 Å². The zero-order valence-electron chi connectivity index (χ0n) is 15.6. The number of thiazole rings is 1. The van der Waals surface area contributed by atoms with E-state index >= 15 is 0 Å². The number of anilines is 1. The molecule has 0 radical (unpaired) electrons. The normalized spacial score (nSPS) is 14.3. The van der Waals surface area contributed by atoms with Gasteiger partial charge in [0.05, 0.1) is 17.8 Å². The Morgan fingerprint density at radius 3 is 2.48 bits per heavy atom. The van der Waals surface area contributed by atoms with Crippen LogP contribution < -0.4 is 4.90 Å². The van der Waals surface area contributed by atoms with Crippen molar-refractivity contribution in [3.8, 4) is 11.3 Å². The van der Waals surface area contributed by atoms with E-state index in [9.17, 15) is 5.11 Å². The van der Waals surface area contributed by atoms with Gasteiger partial charge in [0, 0.05) is 16.6 Å². The molecule has 27 heavy (non-hydrogen) atoms. The van der Waals surface area contributed by atoms with Crippen molar-refractivity contribution in [2.45, 2.75) is 20.8 Å². The minimum Gasteiger partial charge on any atom is -0.510 e. The molecular formula is C22H21N3OS. The summed E-state index contributed by atoms with van der Waals surface area (Å²) in [5, 5.41) is 21.8. The number of hydrogen-bond donors (Lipinski definition) is 2. The van der Waals surface area contributed by atoms with Crippen LogP contribution >= 0.6 is 11.3 Å². The smallest absolute Gasteiger partial charge is 0.139 e. The largest absolute Gasteiger partial charge is 0.510 e. The first-order chi connectivity index (χ1) is 12.9. The van der Waals surface area contributed by atoms with Gasteiger partial charge in [0.25, 0.3) is 0 Å². The van der Waals surface area contributed by atoms with Crippen LogP contribution in [-0.4, -0.2) is 22.5 Å². The second-order valence-corrected chi connectivity index (χ2v) is 7.79. The van der Waals surface area contributed by atoms with E-state index in [0.717, 1.165) is 16.9 Å². The minimum atomic E-state index is 0.197. The Kier molecular flexibility index (Phi) is 4.32. The lowest BCUT2D eigenvalue weighted by Gasteiger charge is -2.19. The zero-order chi connectivity index (χ0) is 19.1. The number of amidine groups is 1. The molecule has 2 aromatic carbocycles. The third kappa shape index (κ3) is 3.15. The van der Waals surface area contributed by atoms with Crippen molar-refractivity contribution < 1.29 is 5.11 Å². The molecule has 5 heteroatoms. The van der Waals surface area contributed by atoms with E-state index in [1.807, 2.05) is 34.5 Å². The molecule has 0 bridgehead atoms. The number of aromatic nitrogens is 1. The molecule has 1 aromatic heterocycles. The molecule has 0 saturated carbocycles. The number of aryl methyl sites for hydroxylation is 3. The molecule has 3 aromatic rings. The minimum absolute atomic E-state index is 0.197. The third-order valence-corrected chi connectivity index (χ3v) is 5.83. The summed E-state index contributed by atoms with van der Waals surface area (Å²) in [4.78, 5) is 6.51. The van der Waals surface area contributed by atoms with Crippen molar-refractivity contribution in [1.29, 1.82) is 5.41 Å². The van der Waals surface area contributed by atoms with E-state index in [0.29, 0.717) is 23.0 Å². The molecule has 4 rings (SSSR count). The molecule has 0 aliphatic carbocycles. The Labute approximate surface area is 163 Å². The monoisotopic (exact) mass is 375 g/mol. The van der Waals surface area contributed by atoms with E-state index < -0.39 is 0 Å². The molecule has 0 fully saturated rings. The molecule has 2 heterocycles. The van der Waals surface area contributed by atoms with E-state index in [1.165, 1.54) is 28.0 Å². The Hall–Kier alpha value is -2.92. The quantitative estimate of drug-likeness (QED) is 0.635. The van der Waals surface area contributed by atoms with Crippen LogP contribution in [0.1, 0.15) is 21.7 Å². The average Bonchev–Trinajstić information content (AvgIpc) is 3.22. The standard InChI is InChI=1S/C22H21N3OS/c1-13-4-7-16(8-5-13)18-12-27-22(24-18)20-19(26)11-25(21(20)23)17-9-6-14(2)15(3)10-17/h4-10,12,23,26H,11H2,1-3H3. The highest BCUT2D eigenvalue weighted by atomic mass is 32.1. The fraction of sp³-hybridized carbons (Fsp3) is 0.182. The molecule has 2 N–H and O–H groups in total. The Balaban J connectivity index is 1.64. The van der Waals surface area contributed by atoms with Crippen molar-refractivity contribution in [2.24, 2.45) is 0 Å². The predicted octanol–water partition coefficient (Wildman–Crippen LogP) is 5.50. The van der Waals surface area contributed by atoms with E-state index in [2.05, 4.69) is 44.0 Å². The van der Waals surface area contributed by atoms with Gasteiger partial charge < -0.3 is 10.0 Å². The number of rotatable bonds is 3. The molecule has 0 spiro atoms. The Morgan fingerprint density at radius 2 is 1.78 bits per heavy atom. The molecule has 4 nitrogen and oxygen atoms in total. The van der Waals surface area contributed by atoms with Crippen LogP contribution in [0, 0.1) is 26.2 Å². The summed E-state index contributed by atoms with van der Waals surface area (Å²) >= 11 is 1.46. The van der Waals surface area contributed by atoms with Gasteiger partial charge in [-0.25, -0.2) is 4.98 Å². The van der Waals surface area contributed by atoms with Crippen LogP contribution in [0.2, 0.25) is 0 Å². The average molecular weight is 375 g/mol. The Morgan fingerprint density at radius 1 is 1.04 bits per heavy atom. The van der Waals surface area contributed by atoms with Gasteiger partial charge in [0.1, 0.15) is 16.6 Å². The van der Waals surface area contributed by atoms with E-state index in [1.54, 1.807) is 0 Å². The number of hydrogen-bond acceptors (Lipinski definition) is 4. The second-order valence-electron chi connectivity index (χ2n) is 6.93. The molecule has 0 saturated heterocycles. The van der Waals surface area contributed by atoms with Crippen molar-refractivity contribution in [2.75, 3.05) is 11.4 Å². The Bertz CT molecular complexity index is 1060. The highest BCUT2D eigenvalue weighted by molar-refractivity contribution is 7.11. The third-order valence-electron chi connectivity index (χ3n) is 4.97. The van der Waals surface area contributed by atoms with Crippen LogP contribution in [0.25, 0.3) is 16.8 Å². The number of benzene rings is 2. The van der Waals surface area contributed by atoms with Gasteiger partial charge in [0.2, 0.25) is 0 Å². The van der Waals surface area contributed by atoms with Gasteiger partial charge in [-0.2, -0.15) is 0 Å². The first kappa shape index (κ1) is 17.5. The maximum absolute atomic E-state index is 10.5. The molecule has 0 unspecified atom stereocenters. The SMILES string of the molecule is Cc1ccc(-c2csc(C3=C(O)CN(c4ccc(C)c(C)c4)C3=N)n2)cc1. The number of aliphatic hydroxyl groups excluding tert-OH is 1. The number of nitrogens with one attached hydrogen (secondary N) is 1. The molecule has 0 atom stereocenters. The summed E-state index contributed by atoms with van der Waals surface area (Å²) in [6.07, 6.45) is 0. The first-order valence-electron chi connectivity index (χ1n) is 8.83. The molecule has 0 amide bonds. The lowest BCUT2D eigenvalue weighted by molar-refractivity contribution is 0.411. The maximum Gasteiger partial charge on any atom is 0.139 e. The highest BCUT2D eigenvalue weighted by Crippen LogP contribution is 2.34. The molecule has 1 aliphatic rings. The van der Waals surface area contributed by atoms with Gasteiger partial charge in [-0.3, -0.25) is 5.41 Å². The van der Waals surface area contributed by atoms with Crippen LogP contribution in [0.4, 0.5) is 5.69 Å². The lowest BCUT2D eigenvalue weighted by atomic mass is 10.1. The van der Waals surface area contributed by atoms with Crippen molar-refractivity contribution in [1.82, 2.24) is 4.98 Å². The lowest BCUT2D eigenvalue weighted by Crippen LogP contribution is -2.26. The summed E-state index contributed by atoms with van der Waals surface area (Å²) in [5.74, 6) is 0.489. The summed E-state index contributed by atoms with van der Waals surface area (Å²) in [7, 11) is 0. The van der Waals surface area contributed by atoms with E-state index in [-0.39, 0.29) is 5.76 Å². The zero-order valence-corrected chi connectivity index (χ0v) is 16.4. The molecule has 136 valence electrons. The predicted molar refractivity (Wildman–Crippen MR) is 113 cm³/mol. The summed E-state index contributed by atoms with van der Waals surface area (Å²) in [6.45, 7) is 6.48. The van der Waals surface area contributed by atoms with Crippen molar-refractivity contribution in [3.63, 3.8) is 0 Å². The number of nitrogens with zero attached hydrogens (tertiary/aromatic N) is 2. The maximum atomic E-state index is 10.5. The highest BCUT2D eigenvalue weighted by Gasteiger charge is 2.31. The van der Waals surface area contributed by atoms with Crippen LogP contribution in [0.3, 0.4) is 0 Å². The number of aliphatic hydroxyl groups is 1. The summed E-state index contributed by atoms with van der Waals surface area (Å²) in [5.41, 5.74) is 6.94.